The van der Waals surface area contributed by atoms with Gasteiger partial charge in [0.25, 0.3) is 0 Å². The standard InChI is InChI=1S/C10H20O.FH.K/c1-8(2)11-10-6-4-9(3)5-7-10;;/h8-10H,4-7H2,1-3H3;1H;/q;;+1/p-1. The molecular weight excluding hydrogens is 194 g/mol. The van der Waals surface area contributed by atoms with Crippen LogP contribution in [-0.4, -0.2) is 12.2 Å². The van der Waals surface area contributed by atoms with E-state index in [1.807, 2.05) is 0 Å². The Labute approximate surface area is 124 Å². The molecule has 1 nitrogen and oxygen atoms in total. The minimum atomic E-state index is 0. The van der Waals surface area contributed by atoms with Crippen LogP contribution >= 0.6 is 0 Å². The molecule has 1 aliphatic rings. The normalized spacial score (nSPS) is 27.7. The van der Waals surface area contributed by atoms with Crippen molar-refractivity contribution in [2.45, 2.75) is 58.7 Å². The van der Waals surface area contributed by atoms with Crippen molar-refractivity contribution >= 4 is 0 Å². The first-order chi connectivity index (χ1) is 5.18. The molecule has 1 rings (SSSR count). The molecule has 0 spiro atoms. The number of rotatable bonds is 2. The molecular formula is C10H20FKO. The Bertz CT molecular complexity index is 111. The third kappa shape index (κ3) is 7.45. The summed E-state index contributed by atoms with van der Waals surface area (Å²) in [7, 11) is 0. The van der Waals surface area contributed by atoms with Gasteiger partial charge in [-0.1, -0.05) is 6.92 Å². The average molecular weight is 214 g/mol. The molecule has 0 saturated heterocycles. The van der Waals surface area contributed by atoms with Crippen LogP contribution in [0, 0.1) is 5.92 Å². The van der Waals surface area contributed by atoms with Crippen LogP contribution in [0.5, 0.6) is 0 Å². The van der Waals surface area contributed by atoms with E-state index in [9.17, 15) is 0 Å². The quantitative estimate of drug-likeness (QED) is 0.445. The van der Waals surface area contributed by atoms with Crippen LogP contribution in [0.1, 0.15) is 46.5 Å². The van der Waals surface area contributed by atoms with E-state index in [4.69, 9.17) is 4.74 Å². The monoisotopic (exact) mass is 214 g/mol. The predicted octanol–water partition coefficient (Wildman–Crippen LogP) is -3.00. The van der Waals surface area contributed by atoms with Crippen molar-refractivity contribution in [2.24, 2.45) is 5.92 Å². The van der Waals surface area contributed by atoms with Crippen molar-refractivity contribution in [3.63, 3.8) is 0 Å². The Morgan fingerprint density at radius 3 is 1.92 bits per heavy atom. The molecule has 0 aliphatic heterocycles. The summed E-state index contributed by atoms with van der Waals surface area (Å²) in [5, 5.41) is 0. The van der Waals surface area contributed by atoms with Crippen LogP contribution in [0.15, 0.2) is 0 Å². The summed E-state index contributed by atoms with van der Waals surface area (Å²) < 4.78 is 5.74. The molecule has 3 heteroatoms. The third-order valence-electron chi connectivity index (χ3n) is 2.43. The van der Waals surface area contributed by atoms with Gasteiger partial charge in [0.05, 0.1) is 12.2 Å². The molecule has 0 aromatic carbocycles. The summed E-state index contributed by atoms with van der Waals surface area (Å²) in [5.41, 5.74) is 0. The van der Waals surface area contributed by atoms with Gasteiger partial charge in [-0.05, 0) is 45.4 Å². The van der Waals surface area contributed by atoms with Gasteiger partial charge in [-0.3, -0.25) is 0 Å². The van der Waals surface area contributed by atoms with Crippen molar-refractivity contribution in [3.05, 3.63) is 0 Å². The predicted molar refractivity (Wildman–Crippen MR) is 47.6 cm³/mol. The minimum absolute atomic E-state index is 0. The molecule has 0 unspecified atom stereocenters. The zero-order chi connectivity index (χ0) is 8.27. The average Bonchev–Trinajstić information content (AvgIpc) is 1.93. The van der Waals surface area contributed by atoms with Gasteiger partial charge in [0.15, 0.2) is 0 Å². The SMILES string of the molecule is CC1CCC(OC(C)C)CC1.[F-].[K+]. The van der Waals surface area contributed by atoms with Gasteiger partial charge in [0.1, 0.15) is 0 Å². The molecule has 0 aromatic rings. The van der Waals surface area contributed by atoms with Crippen LogP contribution in [-0.2, 0) is 4.74 Å². The Morgan fingerprint density at radius 2 is 1.54 bits per heavy atom. The Hall–Kier alpha value is 1.53. The summed E-state index contributed by atoms with van der Waals surface area (Å²) in [6.07, 6.45) is 6.24. The van der Waals surface area contributed by atoms with Crippen LogP contribution in [0.4, 0.5) is 0 Å². The number of hydrogen-bond acceptors (Lipinski definition) is 1. The molecule has 0 radical (unpaired) electrons. The van der Waals surface area contributed by atoms with Gasteiger partial charge in [0, 0.05) is 0 Å². The second kappa shape index (κ2) is 8.80. The number of hydrogen-bond donors (Lipinski definition) is 0. The fourth-order valence-corrected chi connectivity index (χ4v) is 1.75. The van der Waals surface area contributed by atoms with Crippen LogP contribution < -0.4 is 56.1 Å². The van der Waals surface area contributed by atoms with Gasteiger partial charge >= 0.3 is 51.4 Å². The van der Waals surface area contributed by atoms with Crippen molar-refractivity contribution in [2.75, 3.05) is 0 Å². The van der Waals surface area contributed by atoms with Gasteiger partial charge in [0.2, 0.25) is 0 Å². The van der Waals surface area contributed by atoms with E-state index < -0.39 is 0 Å². The van der Waals surface area contributed by atoms with Gasteiger partial charge in [-0.15, -0.1) is 0 Å². The molecule has 74 valence electrons. The van der Waals surface area contributed by atoms with Crippen molar-refractivity contribution < 1.29 is 60.8 Å². The second-order valence-corrected chi connectivity index (χ2v) is 4.07. The first kappa shape index (κ1) is 16.9. The van der Waals surface area contributed by atoms with Gasteiger partial charge in [-0.25, -0.2) is 0 Å². The summed E-state index contributed by atoms with van der Waals surface area (Å²) in [5.74, 6) is 0.932. The maximum Gasteiger partial charge on any atom is 1.00 e. The topological polar surface area (TPSA) is 9.23 Å². The first-order valence-corrected chi connectivity index (χ1v) is 4.84. The van der Waals surface area contributed by atoms with E-state index in [2.05, 4.69) is 20.8 Å². The molecule has 0 N–H and O–H groups in total. The third-order valence-corrected chi connectivity index (χ3v) is 2.43. The molecule has 0 amide bonds. The molecule has 0 heterocycles. The Balaban J connectivity index is 0. The summed E-state index contributed by atoms with van der Waals surface area (Å²) in [6, 6.07) is 0. The largest absolute Gasteiger partial charge is 1.00 e. The van der Waals surface area contributed by atoms with E-state index in [-0.39, 0.29) is 56.1 Å². The summed E-state index contributed by atoms with van der Waals surface area (Å²) in [6.45, 7) is 6.58. The summed E-state index contributed by atoms with van der Waals surface area (Å²) >= 11 is 0. The smallest absolute Gasteiger partial charge is 1.00 e. The molecule has 1 saturated carbocycles. The zero-order valence-electron chi connectivity index (χ0n) is 9.35. The van der Waals surface area contributed by atoms with E-state index in [0.717, 1.165) is 5.92 Å². The number of halogens is 1. The molecule has 1 aliphatic carbocycles. The molecule has 0 aromatic heterocycles. The van der Waals surface area contributed by atoms with Crippen molar-refractivity contribution in [1.29, 1.82) is 0 Å². The van der Waals surface area contributed by atoms with E-state index in [0.29, 0.717) is 12.2 Å². The van der Waals surface area contributed by atoms with Gasteiger partial charge in [-0.2, -0.15) is 0 Å². The molecule has 13 heavy (non-hydrogen) atoms. The number of ether oxygens (including phenoxy) is 1. The molecule has 0 bridgehead atoms. The van der Waals surface area contributed by atoms with E-state index in [1.54, 1.807) is 0 Å². The molecule has 0 atom stereocenters. The molecule has 1 fully saturated rings. The fraction of sp³-hybridized carbons (Fsp3) is 1.00. The van der Waals surface area contributed by atoms with E-state index >= 15 is 0 Å². The maximum absolute atomic E-state index is 5.74. The minimum Gasteiger partial charge on any atom is -1.00 e. The zero-order valence-corrected chi connectivity index (χ0v) is 12.5. The van der Waals surface area contributed by atoms with Crippen molar-refractivity contribution in [1.82, 2.24) is 0 Å². The second-order valence-electron chi connectivity index (χ2n) is 4.07. The summed E-state index contributed by atoms with van der Waals surface area (Å²) in [4.78, 5) is 0. The van der Waals surface area contributed by atoms with Crippen LogP contribution in [0.25, 0.3) is 0 Å². The van der Waals surface area contributed by atoms with Crippen LogP contribution in [0.3, 0.4) is 0 Å². The Kier molecular flexibility index (Phi) is 11.5. The van der Waals surface area contributed by atoms with Gasteiger partial charge < -0.3 is 9.44 Å². The Morgan fingerprint density at radius 1 is 1.08 bits per heavy atom. The van der Waals surface area contributed by atoms with Crippen LogP contribution in [0.2, 0.25) is 0 Å². The fourth-order valence-electron chi connectivity index (χ4n) is 1.75. The maximum atomic E-state index is 5.74. The van der Waals surface area contributed by atoms with Crippen molar-refractivity contribution in [3.8, 4) is 0 Å². The van der Waals surface area contributed by atoms with E-state index in [1.165, 1.54) is 25.7 Å². The first-order valence-electron chi connectivity index (χ1n) is 4.84.